The smallest absolute Gasteiger partial charge is 0.335 e. The minimum Gasteiger partial charge on any atom is -0.494 e. The highest BCUT2D eigenvalue weighted by Crippen LogP contribution is 2.24. The number of ether oxygens (including phenoxy) is 1. The monoisotopic (exact) mass is 407 g/mol. The van der Waals surface area contributed by atoms with Crippen LogP contribution in [-0.4, -0.2) is 23.4 Å². The maximum Gasteiger partial charge on any atom is 0.335 e. The van der Waals surface area contributed by atoms with E-state index in [1.807, 2.05) is 30.3 Å². The first-order valence-electron chi connectivity index (χ1n) is 10.7. The molecule has 5 heteroatoms. The quantitative estimate of drug-likeness (QED) is 0.470. The molecule has 3 rings (SSSR count). The number of rotatable bonds is 10. The van der Waals surface area contributed by atoms with Gasteiger partial charge in [-0.05, 0) is 67.3 Å². The van der Waals surface area contributed by atoms with E-state index in [1.54, 1.807) is 24.3 Å². The van der Waals surface area contributed by atoms with E-state index in [0.29, 0.717) is 0 Å². The standard InChI is InChI=1S/C25H29NO4/c1-2-3-4-5-6-18-29-22-16-14-20(15-17-22)24-9-7-8-23(26-30-24)19-10-12-21(13-11-19)25(27)28/h9-17H,2-8,18H2,1H3,(H,27,28). The van der Waals surface area contributed by atoms with Gasteiger partial charge in [0.05, 0.1) is 17.9 Å². The van der Waals surface area contributed by atoms with E-state index in [2.05, 4.69) is 12.1 Å². The average Bonchev–Trinajstić information content (AvgIpc) is 3.03. The number of aromatic carboxylic acids is 1. The maximum absolute atomic E-state index is 11.0. The van der Waals surface area contributed by atoms with Gasteiger partial charge in [0.15, 0.2) is 5.76 Å². The van der Waals surface area contributed by atoms with Crippen LogP contribution in [0.4, 0.5) is 0 Å². The molecule has 0 saturated carbocycles. The first-order chi connectivity index (χ1) is 14.7. The Hall–Kier alpha value is -3.08. The molecule has 0 unspecified atom stereocenters. The molecule has 0 fully saturated rings. The predicted molar refractivity (Wildman–Crippen MR) is 119 cm³/mol. The van der Waals surface area contributed by atoms with Gasteiger partial charge in [-0.1, -0.05) is 49.9 Å². The van der Waals surface area contributed by atoms with E-state index in [0.717, 1.165) is 54.2 Å². The summed E-state index contributed by atoms with van der Waals surface area (Å²) in [6.07, 6.45) is 9.68. The molecular formula is C25H29NO4. The zero-order chi connectivity index (χ0) is 21.2. The van der Waals surface area contributed by atoms with Gasteiger partial charge in [-0.2, -0.15) is 0 Å². The lowest BCUT2D eigenvalue weighted by molar-refractivity contribution is 0.0697. The van der Waals surface area contributed by atoms with Gasteiger partial charge in [0.25, 0.3) is 0 Å². The summed E-state index contributed by atoms with van der Waals surface area (Å²) in [5.41, 5.74) is 2.89. The Balaban J connectivity index is 1.55. The molecule has 1 aliphatic rings. The van der Waals surface area contributed by atoms with E-state index in [1.165, 1.54) is 25.7 Å². The summed E-state index contributed by atoms with van der Waals surface area (Å²) in [6.45, 7) is 2.96. The van der Waals surface area contributed by atoms with Gasteiger partial charge in [0.2, 0.25) is 0 Å². The topological polar surface area (TPSA) is 68.1 Å². The van der Waals surface area contributed by atoms with E-state index >= 15 is 0 Å². The summed E-state index contributed by atoms with van der Waals surface area (Å²) in [5.74, 6) is 0.651. The molecule has 0 radical (unpaired) electrons. The van der Waals surface area contributed by atoms with Gasteiger partial charge in [0, 0.05) is 5.56 Å². The largest absolute Gasteiger partial charge is 0.494 e. The minimum atomic E-state index is -0.937. The Morgan fingerprint density at radius 1 is 1.00 bits per heavy atom. The lowest BCUT2D eigenvalue weighted by Gasteiger charge is -2.08. The van der Waals surface area contributed by atoms with Crippen molar-refractivity contribution >= 4 is 17.4 Å². The molecule has 0 aliphatic carbocycles. The second-order valence-electron chi connectivity index (χ2n) is 7.41. The zero-order valence-electron chi connectivity index (χ0n) is 17.5. The Bertz CT molecular complexity index is 882. The Morgan fingerprint density at radius 3 is 2.40 bits per heavy atom. The number of carboxylic acids is 1. The van der Waals surface area contributed by atoms with Crippen LogP contribution in [0.1, 0.15) is 73.4 Å². The van der Waals surface area contributed by atoms with Crippen LogP contribution in [0.3, 0.4) is 0 Å². The van der Waals surface area contributed by atoms with Gasteiger partial charge in [-0.25, -0.2) is 4.79 Å². The number of hydrogen-bond acceptors (Lipinski definition) is 4. The number of allylic oxidation sites excluding steroid dienone is 1. The predicted octanol–water partition coefficient (Wildman–Crippen LogP) is 6.29. The molecule has 0 atom stereocenters. The Kier molecular flexibility index (Phi) is 8.07. The van der Waals surface area contributed by atoms with Gasteiger partial charge in [-0.15, -0.1) is 0 Å². The fourth-order valence-corrected chi connectivity index (χ4v) is 3.31. The number of carbonyl (C=O) groups is 1. The van der Waals surface area contributed by atoms with Crippen molar-refractivity contribution in [3.8, 4) is 5.75 Å². The van der Waals surface area contributed by atoms with E-state index in [-0.39, 0.29) is 5.56 Å². The van der Waals surface area contributed by atoms with Gasteiger partial charge >= 0.3 is 5.97 Å². The van der Waals surface area contributed by atoms with Crippen molar-refractivity contribution < 1.29 is 19.5 Å². The lowest BCUT2D eigenvalue weighted by Crippen LogP contribution is -2.02. The number of unbranched alkanes of at least 4 members (excludes halogenated alkanes) is 4. The van der Waals surface area contributed by atoms with Crippen molar-refractivity contribution in [1.82, 2.24) is 0 Å². The maximum atomic E-state index is 11.0. The highest BCUT2D eigenvalue weighted by molar-refractivity contribution is 6.01. The number of oxime groups is 1. The van der Waals surface area contributed by atoms with Crippen LogP contribution < -0.4 is 4.74 Å². The number of benzene rings is 2. The van der Waals surface area contributed by atoms with Gasteiger partial charge in [-0.3, -0.25) is 0 Å². The third kappa shape index (κ3) is 6.21. The number of nitrogens with zero attached hydrogens (tertiary/aromatic N) is 1. The van der Waals surface area contributed by atoms with Crippen molar-refractivity contribution in [2.45, 2.75) is 51.9 Å². The summed E-state index contributed by atoms with van der Waals surface area (Å²) < 4.78 is 5.82. The third-order valence-corrected chi connectivity index (χ3v) is 5.09. The fraction of sp³-hybridized carbons (Fsp3) is 0.360. The Morgan fingerprint density at radius 2 is 1.70 bits per heavy atom. The molecule has 0 saturated heterocycles. The first kappa shape index (κ1) is 21.6. The van der Waals surface area contributed by atoms with Crippen molar-refractivity contribution in [2.24, 2.45) is 5.16 Å². The van der Waals surface area contributed by atoms with Crippen LogP contribution in [0.2, 0.25) is 0 Å². The normalized spacial score (nSPS) is 13.6. The third-order valence-electron chi connectivity index (χ3n) is 5.09. The average molecular weight is 408 g/mol. The van der Waals surface area contributed by atoms with Crippen molar-refractivity contribution in [3.63, 3.8) is 0 Å². The fourth-order valence-electron chi connectivity index (χ4n) is 3.31. The van der Waals surface area contributed by atoms with Crippen LogP contribution in [0.5, 0.6) is 5.75 Å². The molecule has 2 aromatic rings. The van der Waals surface area contributed by atoms with Gasteiger partial charge in [0.1, 0.15) is 5.75 Å². The molecule has 0 amide bonds. The molecule has 2 aromatic carbocycles. The molecule has 0 spiro atoms. The molecule has 158 valence electrons. The number of hydrogen-bond donors (Lipinski definition) is 1. The minimum absolute atomic E-state index is 0.260. The summed E-state index contributed by atoms with van der Waals surface area (Å²) in [7, 11) is 0. The Labute approximate surface area is 178 Å². The number of carboxylic acid groups (broad SMARTS) is 1. The van der Waals surface area contributed by atoms with Crippen LogP contribution in [0.25, 0.3) is 5.76 Å². The lowest BCUT2D eigenvalue weighted by atomic mass is 10.0. The molecule has 0 bridgehead atoms. The van der Waals surface area contributed by atoms with Crippen LogP contribution in [-0.2, 0) is 4.84 Å². The second-order valence-corrected chi connectivity index (χ2v) is 7.41. The highest BCUT2D eigenvalue weighted by Gasteiger charge is 2.12. The summed E-state index contributed by atoms with van der Waals surface area (Å²) in [6, 6.07) is 14.6. The second kappa shape index (κ2) is 11.2. The van der Waals surface area contributed by atoms with E-state index < -0.39 is 5.97 Å². The molecule has 1 N–H and O–H groups in total. The SMILES string of the molecule is CCCCCCCOc1ccc(C2=CCCC(c3ccc(C(=O)O)cc3)=NO2)cc1. The molecule has 1 aliphatic heterocycles. The van der Waals surface area contributed by atoms with Crippen LogP contribution >= 0.6 is 0 Å². The van der Waals surface area contributed by atoms with Crippen molar-refractivity contribution in [3.05, 3.63) is 71.3 Å². The summed E-state index contributed by atoms with van der Waals surface area (Å²) >= 11 is 0. The molecule has 30 heavy (non-hydrogen) atoms. The van der Waals surface area contributed by atoms with E-state index in [9.17, 15) is 4.79 Å². The molecule has 5 nitrogen and oxygen atoms in total. The van der Waals surface area contributed by atoms with E-state index in [4.69, 9.17) is 14.7 Å². The summed E-state index contributed by atoms with van der Waals surface area (Å²) in [4.78, 5) is 16.7. The van der Waals surface area contributed by atoms with Gasteiger partial charge < -0.3 is 14.7 Å². The first-order valence-corrected chi connectivity index (χ1v) is 10.7. The van der Waals surface area contributed by atoms with Crippen LogP contribution in [0.15, 0.2) is 59.8 Å². The van der Waals surface area contributed by atoms with Crippen molar-refractivity contribution in [2.75, 3.05) is 6.61 Å². The zero-order valence-corrected chi connectivity index (χ0v) is 17.5. The molecular weight excluding hydrogens is 378 g/mol. The highest BCUT2D eigenvalue weighted by atomic mass is 16.6. The summed E-state index contributed by atoms with van der Waals surface area (Å²) in [5, 5.41) is 13.3. The molecule has 1 heterocycles. The molecule has 0 aromatic heterocycles. The van der Waals surface area contributed by atoms with Crippen LogP contribution in [0, 0.1) is 0 Å². The van der Waals surface area contributed by atoms with Crippen molar-refractivity contribution in [1.29, 1.82) is 0 Å².